The molecular weight excluding hydrogens is 270 g/mol. The van der Waals surface area contributed by atoms with Crippen LogP contribution in [0.4, 0.5) is 11.4 Å². The second-order valence-corrected chi connectivity index (χ2v) is 5.86. The molecule has 1 fully saturated rings. The third-order valence-electron chi connectivity index (χ3n) is 4.15. The van der Waals surface area contributed by atoms with E-state index in [1.807, 2.05) is 6.07 Å². The van der Waals surface area contributed by atoms with E-state index in [1.54, 1.807) is 0 Å². The zero-order chi connectivity index (χ0) is 15.5. The molecule has 6 heteroatoms. The summed E-state index contributed by atoms with van der Waals surface area (Å²) in [5.41, 5.74) is -0.129. The van der Waals surface area contributed by atoms with E-state index in [4.69, 9.17) is 5.26 Å². The highest BCUT2D eigenvalue weighted by atomic mass is 16.6. The van der Waals surface area contributed by atoms with Gasteiger partial charge in [0.2, 0.25) is 0 Å². The van der Waals surface area contributed by atoms with Crippen LogP contribution in [0.25, 0.3) is 0 Å². The Bertz CT molecular complexity index is 572. The van der Waals surface area contributed by atoms with E-state index in [1.165, 1.54) is 18.2 Å². The number of hydrogen-bond acceptors (Lipinski definition) is 5. The molecule has 112 valence electrons. The molecule has 0 amide bonds. The van der Waals surface area contributed by atoms with Crippen molar-refractivity contribution in [3.63, 3.8) is 0 Å². The number of anilines is 1. The lowest BCUT2D eigenvalue weighted by Crippen LogP contribution is -2.40. The maximum absolute atomic E-state index is 10.7. The van der Waals surface area contributed by atoms with Crippen LogP contribution in [-0.4, -0.2) is 22.2 Å². The van der Waals surface area contributed by atoms with Gasteiger partial charge in [-0.25, -0.2) is 0 Å². The van der Waals surface area contributed by atoms with Gasteiger partial charge in [-0.1, -0.05) is 6.92 Å². The van der Waals surface area contributed by atoms with Gasteiger partial charge >= 0.3 is 0 Å². The minimum absolute atomic E-state index is 0.109. The fourth-order valence-electron chi connectivity index (χ4n) is 2.63. The van der Waals surface area contributed by atoms with Crippen LogP contribution in [0.15, 0.2) is 18.2 Å². The molecule has 0 heterocycles. The Morgan fingerprint density at radius 2 is 2.19 bits per heavy atom. The summed E-state index contributed by atoms with van der Waals surface area (Å²) in [7, 11) is 0. The third-order valence-corrected chi connectivity index (χ3v) is 4.15. The topological polar surface area (TPSA) is 99.2 Å². The highest BCUT2D eigenvalue weighted by molar-refractivity contribution is 5.61. The van der Waals surface area contributed by atoms with Gasteiger partial charge < -0.3 is 10.4 Å². The van der Waals surface area contributed by atoms with Crippen LogP contribution >= 0.6 is 0 Å². The summed E-state index contributed by atoms with van der Waals surface area (Å²) in [5.74, 6) is 0.638. The summed E-state index contributed by atoms with van der Waals surface area (Å²) in [4.78, 5) is 10.2. The molecule has 0 atom stereocenters. The van der Waals surface area contributed by atoms with Crippen molar-refractivity contribution >= 4 is 11.4 Å². The zero-order valence-electron chi connectivity index (χ0n) is 12.0. The Hall–Kier alpha value is -2.13. The van der Waals surface area contributed by atoms with E-state index >= 15 is 0 Å². The van der Waals surface area contributed by atoms with E-state index in [-0.39, 0.29) is 11.3 Å². The Balaban J connectivity index is 2.06. The van der Waals surface area contributed by atoms with Crippen molar-refractivity contribution in [2.24, 2.45) is 5.92 Å². The number of nitro benzene ring substituents is 1. The fraction of sp³-hybridized carbons (Fsp3) is 0.533. The predicted octanol–water partition coefficient (Wildman–Crippen LogP) is 2.82. The second kappa shape index (κ2) is 6.10. The molecule has 2 rings (SSSR count). The van der Waals surface area contributed by atoms with Crippen LogP contribution in [0.1, 0.15) is 38.2 Å². The molecule has 6 nitrogen and oxygen atoms in total. The molecule has 1 aliphatic carbocycles. The number of nitriles is 1. The SMILES string of the molecule is CC1CCC(O)(CNc2ccc([N+](=O)[O-])cc2C#N)CC1. The first-order valence-corrected chi connectivity index (χ1v) is 7.08. The van der Waals surface area contributed by atoms with Gasteiger partial charge in [0.1, 0.15) is 6.07 Å². The van der Waals surface area contributed by atoms with Crippen LogP contribution in [0.2, 0.25) is 0 Å². The van der Waals surface area contributed by atoms with Gasteiger partial charge in [0.15, 0.2) is 0 Å². The van der Waals surface area contributed by atoms with E-state index in [9.17, 15) is 15.2 Å². The molecule has 0 bridgehead atoms. The molecule has 0 radical (unpaired) electrons. The van der Waals surface area contributed by atoms with Gasteiger partial charge in [0.25, 0.3) is 5.69 Å². The van der Waals surface area contributed by atoms with Crippen LogP contribution in [0.3, 0.4) is 0 Å². The van der Waals surface area contributed by atoms with Crippen molar-refractivity contribution in [1.29, 1.82) is 5.26 Å². The largest absolute Gasteiger partial charge is 0.388 e. The van der Waals surface area contributed by atoms with Crippen molar-refractivity contribution < 1.29 is 10.0 Å². The van der Waals surface area contributed by atoms with Crippen molar-refractivity contribution in [2.75, 3.05) is 11.9 Å². The molecule has 2 N–H and O–H groups in total. The van der Waals surface area contributed by atoms with E-state index in [0.717, 1.165) is 25.7 Å². The summed E-state index contributed by atoms with van der Waals surface area (Å²) in [6.07, 6.45) is 3.44. The highest BCUT2D eigenvalue weighted by Gasteiger charge is 2.31. The van der Waals surface area contributed by atoms with Crippen molar-refractivity contribution in [2.45, 2.75) is 38.2 Å². The number of hydrogen-bond donors (Lipinski definition) is 2. The van der Waals surface area contributed by atoms with Gasteiger partial charge in [0, 0.05) is 18.7 Å². The molecule has 1 aliphatic rings. The zero-order valence-corrected chi connectivity index (χ0v) is 12.0. The maximum Gasteiger partial charge on any atom is 0.270 e. The van der Waals surface area contributed by atoms with Gasteiger partial charge in [-0.3, -0.25) is 10.1 Å². The smallest absolute Gasteiger partial charge is 0.270 e. The molecule has 0 aromatic heterocycles. The molecule has 1 aromatic rings. The molecular formula is C15H19N3O3. The summed E-state index contributed by atoms with van der Waals surface area (Å²) < 4.78 is 0. The van der Waals surface area contributed by atoms with Crippen molar-refractivity contribution in [3.05, 3.63) is 33.9 Å². The lowest BCUT2D eigenvalue weighted by molar-refractivity contribution is -0.384. The van der Waals surface area contributed by atoms with Gasteiger partial charge in [-0.15, -0.1) is 0 Å². The molecule has 21 heavy (non-hydrogen) atoms. The first-order chi connectivity index (χ1) is 9.93. The average Bonchev–Trinajstić information content (AvgIpc) is 2.48. The number of rotatable bonds is 4. The number of nitrogens with one attached hydrogen (secondary N) is 1. The molecule has 1 saturated carbocycles. The summed E-state index contributed by atoms with van der Waals surface area (Å²) in [6.45, 7) is 2.53. The lowest BCUT2D eigenvalue weighted by atomic mass is 9.79. The lowest BCUT2D eigenvalue weighted by Gasteiger charge is -2.35. The molecule has 0 spiro atoms. The minimum Gasteiger partial charge on any atom is -0.388 e. The van der Waals surface area contributed by atoms with E-state index in [0.29, 0.717) is 18.2 Å². The molecule has 0 unspecified atom stereocenters. The van der Waals surface area contributed by atoms with E-state index < -0.39 is 10.5 Å². The average molecular weight is 289 g/mol. The maximum atomic E-state index is 10.7. The Kier molecular flexibility index (Phi) is 4.43. The summed E-state index contributed by atoms with van der Waals surface area (Å²) >= 11 is 0. The van der Waals surface area contributed by atoms with Gasteiger partial charge in [-0.2, -0.15) is 5.26 Å². The van der Waals surface area contributed by atoms with E-state index in [2.05, 4.69) is 12.2 Å². The molecule has 0 saturated heterocycles. The third kappa shape index (κ3) is 3.70. The quantitative estimate of drug-likeness (QED) is 0.656. The van der Waals surface area contributed by atoms with Gasteiger partial charge in [0.05, 0.1) is 21.8 Å². The number of nitro groups is 1. The van der Waals surface area contributed by atoms with Crippen molar-refractivity contribution in [1.82, 2.24) is 0 Å². The Morgan fingerprint density at radius 1 is 1.52 bits per heavy atom. The highest BCUT2D eigenvalue weighted by Crippen LogP contribution is 2.32. The number of benzene rings is 1. The van der Waals surface area contributed by atoms with Gasteiger partial charge in [-0.05, 0) is 37.7 Å². The van der Waals surface area contributed by atoms with Crippen LogP contribution in [-0.2, 0) is 0 Å². The second-order valence-electron chi connectivity index (χ2n) is 5.86. The minimum atomic E-state index is -0.763. The number of non-ortho nitro benzene ring substituents is 1. The molecule has 0 aliphatic heterocycles. The standard InChI is InChI=1S/C15H19N3O3/c1-11-4-6-15(19,7-5-11)10-17-14-3-2-13(18(20)21)8-12(14)9-16/h2-3,8,11,17,19H,4-7,10H2,1H3. The Morgan fingerprint density at radius 3 is 2.76 bits per heavy atom. The summed E-state index contributed by atoms with van der Waals surface area (Å²) in [5, 5.41) is 33.4. The van der Waals surface area contributed by atoms with Crippen molar-refractivity contribution in [3.8, 4) is 6.07 Å². The van der Waals surface area contributed by atoms with Crippen LogP contribution in [0.5, 0.6) is 0 Å². The monoisotopic (exact) mass is 289 g/mol. The van der Waals surface area contributed by atoms with Crippen LogP contribution in [0, 0.1) is 27.4 Å². The number of aliphatic hydroxyl groups is 1. The fourth-order valence-corrected chi connectivity index (χ4v) is 2.63. The Labute approximate surface area is 123 Å². The van der Waals surface area contributed by atoms with Crippen LogP contribution < -0.4 is 5.32 Å². The number of nitrogens with zero attached hydrogens (tertiary/aromatic N) is 2. The normalized spacial score (nSPS) is 25.1. The molecule has 1 aromatic carbocycles. The first-order valence-electron chi connectivity index (χ1n) is 7.08. The first kappa shape index (κ1) is 15.3. The summed E-state index contributed by atoms with van der Waals surface area (Å²) in [6, 6.07) is 6.07. The predicted molar refractivity (Wildman–Crippen MR) is 78.9 cm³/mol.